The minimum atomic E-state index is -0.164. The number of hydrogen-bond acceptors (Lipinski definition) is 4. The van der Waals surface area contributed by atoms with Crippen LogP contribution in [0.5, 0.6) is 5.75 Å². The molecule has 23 heavy (non-hydrogen) atoms. The minimum absolute atomic E-state index is 0.0195. The lowest BCUT2D eigenvalue weighted by Crippen LogP contribution is -2.28. The van der Waals surface area contributed by atoms with Gasteiger partial charge >= 0.3 is 0 Å². The lowest BCUT2D eigenvalue weighted by Gasteiger charge is -2.21. The van der Waals surface area contributed by atoms with Crippen molar-refractivity contribution in [1.29, 1.82) is 0 Å². The number of anilines is 1. The molecule has 0 aromatic heterocycles. The molecule has 0 radical (unpaired) electrons. The Morgan fingerprint density at radius 2 is 2.35 bits per heavy atom. The molecule has 1 aromatic rings. The van der Waals surface area contributed by atoms with Crippen molar-refractivity contribution in [3.63, 3.8) is 0 Å². The van der Waals surface area contributed by atoms with Gasteiger partial charge in [-0.1, -0.05) is 6.07 Å². The number of carbonyl (C=O) groups is 2. The topological polar surface area (TPSA) is 76.7 Å². The number of rotatable bonds is 5. The zero-order chi connectivity index (χ0) is 16.2. The molecule has 2 aliphatic heterocycles. The van der Waals surface area contributed by atoms with Crippen LogP contribution >= 0.6 is 0 Å². The maximum absolute atomic E-state index is 12.1. The van der Waals surface area contributed by atoms with Gasteiger partial charge in [0, 0.05) is 13.0 Å². The van der Waals surface area contributed by atoms with Crippen LogP contribution in [0.25, 0.3) is 0 Å². The Morgan fingerprint density at radius 1 is 1.48 bits per heavy atom. The Hall–Kier alpha value is -2.08. The van der Waals surface area contributed by atoms with Gasteiger partial charge in [-0.05, 0) is 43.9 Å². The molecule has 2 amide bonds. The first-order valence-corrected chi connectivity index (χ1v) is 8.09. The summed E-state index contributed by atoms with van der Waals surface area (Å²) in [4.78, 5) is 23.4. The second kappa shape index (κ2) is 7.00. The highest BCUT2D eigenvalue weighted by atomic mass is 16.5. The van der Waals surface area contributed by atoms with Gasteiger partial charge in [0.1, 0.15) is 5.75 Å². The average Bonchev–Trinajstić information content (AvgIpc) is 3.05. The number of fused-ring (bicyclic) bond motifs is 1. The Balaban J connectivity index is 1.55. The van der Waals surface area contributed by atoms with Crippen LogP contribution in [-0.2, 0) is 14.3 Å². The van der Waals surface area contributed by atoms with Crippen LogP contribution in [0.4, 0.5) is 5.69 Å². The fourth-order valence-corrected chi connectivity index (χ4v) is 2.93. The average molecular weight is 318 g/mol. The molecule has 6 heteroatoms. The molecule has 2 N–H and O–H groups in total. The van der Waals surface area contributed by atoms with E-state index in [0.29, 0.717) is 17.9 Å². The lowest BCUT2D eigenvalue weighted by atomic mass is 10.1. The van der Waals surface area contributed by atoms with Crippen LogP contribution in [0.3, 0.4) is 0 Å². The maximum atomic E-state index is 12.1. The van der Waals surface area contributed by atoms with Crippen LogP contribution in [0.2, 0.25) is 0 Å². The van der Waals surface area contributed by atoms with Crippen molar-refractivity contribution in [2.75, 3.05) is 18.5 Å². The van der Waals surface area contributed by atoms with Crippen LogP contribution in [-0.4, -0.2) is 31.1 Å². The van der Waals surface area contributed by atoms with Gasteiger partial charge in [0.2, 0.25) is 5.91 Å². The highest BCUT2D eigenvalue weighted by Crippen LogP contribution is 2.30. The lowest BCUT2D eigenvalue weighted by molar-refractivity contribution is -0.122. The van der Waals surface area contributed by atoms with Gasteiger partial charge in [-0.3, -0.25) is 9.59 Å². The molecular weight excluding hydrogens is 296 g/mol. The summed E-state index contributed by atoms with van der Waals surface area (Å²) in [5.74, 6) is 0.513. The van der Waals surface area contributed by atoms with Crippen LogP contribution < -0.4 is 15.4 Å². The Bertz CT molecular complexity index is 596. The van der Waals surface area contributed by atoms with Crippen LogP contribution in [0.1, 0.15) is 44.2 Å². The van der Waals surface area contributed by atoms with Crippen molar-refractivity contribution in [2.45, 2.75) is 44.8 Å². The number of nitrogens with one attached hydrogen (secondary N) is 2. The van der Waals surface area contributed by atoms with E-state index >= 15 is 0 Å². The number of hydrogen-bond donors (Lipinski definition) is 2. The van der Waals surface area contributed by atoms with E-state index in [9.17, 15) is 9.59 Å². The van der Waals surface area contributed by atoms with Crippen molar-refractivity contribution in [3.05, 3.63) is 23.8 Å². The fourth-order valence-electron chi connectivity index (χ4n) is 2.93. The van der Waals surface area contributed by atoms with E-state index < -0.39 is 0 Å². The highest BCUT2D eigenvalue weighted by Gasteiger charge is 2.20. The first kappa shape index (κ1) is 15.8. The molecule has 3 rings (SSSR count). The molecule has 0 spiro atoms. The Kier molecular flexibility index (Phi) is 4.81. The third-order valence-electron chi connectivity index (χ3n) is 4.23. The summed E-state index contributed by atoms with van der Waals surface area (Å²) in [6, 6.07) is 5.44. The van der Waals surface area contributed by atoms with Crippen molar-refractivity contribution in [1.82, 2.24) is 5.32 Å². The first-order chi connectivity index (χ1) is 11.1. The summed E-state index contributed by atoms with van der Waals surface area (Å²) in [6.07, 6.45) is 3.61. The van der Waals surface area contributed by atoms with E-state index in [1.165, 1.54) is 0 Å². The molecule has 0 aliphatic carbocycles. The maximum Gasteiger partial charge on any atom is 0.262 e. The molecule has 1 aromatic carbocycles. The highest BCUT2D eigenvalue weighted by molar-refractivity contribution is 5.95. The van der Waals surface area contributed by atoms with Crippen LogP contribution in [0.15, 0.2) is 18.2 Å². The third-order valence-corrected chi connectivity index (χ3v) is 4.23. The molecule has 2 heterocycles. The van der Waals surface area contributed by atoms with E-state index in [1.807, 2.05) is 25.1 Å². The van der Waals surface area contributed by atoms with Crippen LogP contribution in [0, 0.1) is 0 Å². The second-order valence-electron chi connectivity index (χ2n) is 6.06. The number of ether oxygens (including phenoxy) is 2. The molecule has 2 aliphatic rings. The quantitative estimate of drug-likeness (QED) is 0.872. The summed E-state index contributed by atoms with van der Waals surface area (Å²) in [6.45, 7) is 2.78. The normalized spacial score (nSPS) is 21.1. The minimum Gasteiger partial charge on any atom is -0.482 e. The summed E-state index contributed by atoms with van der Waals surface area (Å²) in [7, 11) is 0. The van der Waals surface area contributed by atoms with Gasteiger partial charge in [0.25, 0.3) is 5.91 Å². The summed E-state index contributed by atoms with van der Waals surface area (Å²) in [5.41, 5.74) is 1.58. The fraction of sp³-hybridized carbons (Fsp3) is 0.529. The molecule has 1 fully saturated rings. The summed E-state index contributed by atoms with van der Waals surface area (Å²) in [5, 5.41) is 5.77. The zero-order valence-electron chi connectivity index (χ0n) is 13.3. The molecule has 0 saturated carbocycles. The SMILES string of the molecule is CC(NC(=O)CCC1CCCO1)c1ccc2c(c1)NC(=O)CO2. The van der Waals surface area contributed by atoms with Gasteiger partial charge in [-0.25, -0.2) is 0 Å². The van der Waals surface area contributed by atoms with E-state index in [0.717, 1.165) is 31.4 Å². The molecule has 124 valence electrons. The standard InChI is InChI=1S/C17H22N2O4/c1-11(18-16(20)7-5-13-3-2-8-22-13)12-4-6-15-14(9-12)19-17(21)10-23-15/h4,6,9,11,13H,2-3,5,7-8,10H2,1H3,(H,18,20)(H,19,21). The van der Waals surface area contributed by atoms with Gasteiger partial charge in [0.15, 0.2) is 6.61 Å². The number of amides is 2. The van der Waals surface area contributed by atoms with Crippen molar-refractivity contribution < 1.29 is 19.1 Å². The van der Waals surface area contributed by atoms with Gasteiger partial charge in [0.05, 0.1) is 17.8 Å². The van der Waals surface area contributed by atoms with Crippen molar-refractivity contribution in [2.24, 2.45) is 0 Å². The Labute approximate surface area is 135 Å². The number of carbonyl (C=O) groups excluding carboxylic acids is 2. The van der Waals surface area contributed by atoms with Crippen molar-refractivity contribution in [3.8, 4) is 5.75 Å². The smallest absolute Gasteiger partial charge is 0.262 e. The Morgan fingerprint density at radius 3 is 3.13 bits per heavy atom. The zero-order valence-corrected chi connectivity index (χ0v) is 13.3. The molecule has 1 saturated heterocycles. The number of benzene rings is 1. The van der Waals surface area contributed by atoms with E-state index in [4.69, 9.17) is 9.47 Å². The predicted octanol–water partition coefficient (Wildman–Crippen LogP) is 2.15. The molecule has 2 atom stereocenters. The molecular formula is C17H22N2O4. The first-order valence-electron chi connectivity index (χ1n) is 8.09. The van der Waals surface area contributed by atoms with E-state index in [1.54, 1.807) is 0 Å². The molecule has 0 bridgehead atoms. The van der Waals surface area contributed by atoms with Gasteiger partial charge in [-0.15, -0.1) is 0 Å². The van der Waals surface area contributed by atoms with E-state index in [2.05, 4.69) is 10.6 Å². The van der Waals surface area contributed by atoms with E-state index in [-0.39, 0.29) is 30.6 Å². The predicted molar refractivity (Wildman–Crippen MR) is 85.3 cm³/mol. The molecule has 2 unspecified atom stereocenters. The van der Waals surface area contributed by atoms with Crippen molar-refractivity contribution >= 4 is 17.5 Å². The summed E-state index contributed by atoms with van der Waals surface area (Å²) >= 11 is 0. The van der Waals surface area contributed by atoms with Gasteiger partial charge in [-0.2, -0.15) is 0 Å². The van der Waals surface area contributed by atoms with Gasteiger partial charge < -0.3 is 20.1 Å². The monoisotopic (exact) mass is 318 g/mol. The summed E-state index contributed by atoms with van der Waals surface area (Å²) < 4.78 is 10.9. The second-order valence-corrected chi connectivity index (χ2v) is 6.06. The molecule has 6 nitrogen and oxygen atoms in total. The largest absolute Gasteiger partial charge is 0.482 e. The third kappa shape index (κ3) is 4.01.